The molecule has 1 amide bonds. The number of amides is 1. The summed E-state index contributed by atoms with van der Waals surface area (Å²) in [6.45, 7) is 0.735. The molecular weight excluding hydrogens is 278 g/mol. The van der Waals surface area contributed by atoms with E-state index in [1.165, 1.54) is 11.1 Å². The van der Waals surface area contributed by atoms with Gasteiger partial charge in [-0.2, -0.15) is 4.79 Å². The van der Waals surface area contributed by atoms with Crippen LogP contribution in [0.25, 0.3) is 0 Å². The van der Waals surface area contributed by atoms with Crippen molar-refractivity contribution in [3.63, 3.8) is 0 Å². The number of rotatable bonds is 0. The maximum absolute atomic E-state index is 12.6. The maximum atomic E-state index is 12.6. The van der Waals surface area contributed by atoms with Gasteiger partial charge in [0.25, 0.3) is 0 Å². The van der Waals surface area contributed by atoms with E-state index < -0.39 is 0 Å². The van der Waals surface area contributed by atoms with Crippen molar-refractivity contribution in [3.8, 4) is 0 Å². The number of carbonyl (C=O) groups is 1. The van der Waals surface area contributed by atoms with E-state index in [1.54, 1.807) is 0 Å². The van der Waals surface area contributed by atoms with Crippen LogP contribution in [-0.4, -0.2) is 39.7 Å². The monoisotopic (exact) mass is 300 g/mol. The summed E-state index contributed by atoms with van der Waals surface area (Å²) in [5.74, 6) is 0. The van der Waals surface area contributed by atoms with Crippen molar-refractivity contribution >= 4 is 11.8 Å². The molecule has 0 radical (unpaired) electrons. The van der Waals surface area contributed by atoms with Gasteiger partial charge in [-0.1, -0.05) is 18.2 Å². The summed E-state index contributed by atoms with van der Waals surface area (Å²) < 4.78 is 7.69. The summed E-state index contributed by atoms with van der Waals surface area (Å²) >= 11 is 0. The number of carbonyl (C=O) groups excluding carboxylic acids is 1. The van der Waals surface area contributed by atoms with E-state index in [-0.39, 0.29) is 17.8 Å². The van der Waals surface area contributed by atoms with E-state index in [2.05, 4.69) is 18.2 Å². The first kappa shape index (κ1) is 13.9. The van der Waals surface area contributed by atoms with Gasteiger partial charge in [-0.3, -0.25) is 0 Å². The average molecular weight is 300 g/mol. The van der Waals surface area contributed by atoms with E-state index in [0.717, 1.165) is 57.2 Å². The molecule has 0 atom stereocenters. The van der Waals surface area contributed by atoms with Gasteiger partial charge in [-0.25, -0.2) is 0 Å². The normalized spacial score (nSPS) is 34.6. The smallest absolute Gasteiger partial charge is 0.405 e. The zero-order chi connectivity index (χ0) is 15.2. The molecule has 3 aliphatic rings. The van der Waals surface area contributed by atoms with Gasteiger partial charge >= 0.3 is 6.09 Å². The van der Waals surface area contributed by atoms with Gasteiger partial charge in [-0.15, -0.1) is 4.58 Å². The van der Waals surface area contributed by atoms with Gasteiger partial charge in [0.2, 0.25) is 0 Å². The lowest BCUT2D eigenvalue weighted by Crippen LogP contribution is -2.49. The number of fused-ring (bicyclic) bond motifs is 1. The van der Waals surface area contributed by atoms with Gasteiger partial charge in [-0.05, 0) is 43.7 Å². The predicted octanol–water partition coefficient (Wildman–Crippen LogP) is 2.65. The number of ether oxygens (including phenoxy) is 1. The molecular formula is C18H22NO3+. The van der Waals surface area contributed by atoms with Crippen LogP contribution in [0.4, 0.5) is 4.79 Å². The van der Waals surface area contributed by atoms with Crippen LogP contribution < -0.4 is 0 Å². The highest BCUT2D eigenvalue weighted by Gasteiger charge is 2.47. The minimum Gasteiger partial charge on any atom is -0.405 e. The molecule has 22 heavy (non-hydrogen) atoms. The summed E-state index contributed by atoms with van der Waals surface area (Å²) in [7, 11) is 0. The molecule has 116 valence electrons. The Labute approximate surface area is 130 Å². The van der Waals surface area contributed by atoms with Crippen molar-refractivity contribution in [3.05, 3.63) is 35.4 Å². The molecule has 1 aliphatic heterocycles. The fourth-order valence-corrected chi connectivity index (χ4v) is 4.11. The Morgan fingerprint density at radius 2 is 1.91 bits per heavy atom. The Morgan fingerprint density at radius 1 is 1.14 bits per heavy atom. The fraction of sp³-hybridized carbons (Fsp3) is 0.556. The molecule has 0 bridgehead atoms. The highest BCUT2D eigenvalue weighted by Crippen LogP contribution is 2.37. The van der Waals surface area contributed by atoms with E-state index in [1.807, 2.05) is 10.6 Å². The molecule has 1 saturated heterocycles. The molecule has 1 heterocycles. The zero-order valence-corrected chi connectivity index (χ0v) is 12.8. The molecule has 2 aliphatic carbocycles. The molecule has 4 nitrogen and oxygen atoms in total. The molecule has 4 heteroatoms. The summed E-state index contributed by atoms with van der Waals surface area (Å²) in [4.78, 5) is 12.6. The fourth-order valence-electron chi connectivity index (χ4n) is 4.11. The minimum atomic E-state index is -0.328. The molecule has 2 fully saturated rings. The number of nitrogens with zero attached hydrogens (tertiary/aromatic N) is 1. The van der Waals surface area contributed by atoms with Crippen LogP contribution in [0, 0.1) is 0 Å². The van der Waals surface area contributed by atoms with Crippen LogP contribution in [0.15, 0.2) is 24.3 Å². The van der Waals surface area contributed by atoms with Crippen molar-refractivity contribution in [2.45, 2.75) is 56.7 Å². The Balaban J connectivity index is 1.60. The molecule has 1 aromatic carbocycles. The third kappa shape index (κ3) is 2.26. The van der Waals surface area contributed by atoms with E-state index >= 15 is 0 Å². The molecule has 4 rings (SSSR count). The van der Waals surface area contributed by atoms with Gasteiger partial charge < -0.3 is 9.84 Å². The third-order valence-corrected chi connectivity index (χ3v) is 5.47. The van der Waals surface area contributed by atoms with E-state index in [4.69, 9.17) is 4.74 Å². The summed E-state index contributed by atoms with van der Waals surface area (Å²) in [6.07, 6.45) is 5.44. The molecule has 0 aromatic heterocycles. The lowest BCUT2D eigenvalue weighted by molar-refractivity contribution is -0.476. The maximum Gasteiger partial charge on any atom is 0.597 e. The number of benzene rings is 1. The van der Waals surface area contributed by atoms with Crippen LogP contribution in [0.2, 0.25) is 0 Å². The van der Waals surface area contributed by atoms with Crippen LogP contribution in [-0.2, 0) is 11.2 Å². The summed E-state index contributed by atoms with van der Waals surface area (Å²) in [5, 5.41) is 9.67. The van der Waals surface area contributed by atoms with Crippen molar-refractivity contribution in [2.75, 3.05) is 6.54 Å². The molecule has 1 saturated carbocycles. The Morgan fingerprint density at radius 3 is 2.68 bits per heavy atom. The first-order valence-electron chi connectivity index (χ1n) is 8.30. The highest BCUT2D eigenvalue weighted by atomic mass is 16.6. The van der Waals surface area contributed by atoms with Gasteiger partial charge in [0.15, 0.2) is 12.3 Å². The summed E-state index contributed by atoms with van der Waals surface area (Å²) in [5.41, 5.74) is 3.32. The predicted molar refractivity (Wildman–Crippen MR) is 82.3 cm³/mol. The SMILES string of the molecule is O=C1OC2(CCC(O)CC2)CC[N+]1=C1CCc2ccccc21. The highest BCUT2D eigenvalue weighted by molar-refractivity contribution is 6.02. The largest absolute Gasteiger partial charge is 0.597 e. The second-order valence-corrected chi connectivity index (χ2v) is 6.79. The number of aliphatic hydroxyl groups excluding tert-OH is 1. The van der Waals surface area contributed by atoms with Crippen LogP contribution >= 0.6 is 0 Å². The number of aliphatic hydroxyl groups is 1. The lowest BCUT2D eigenvalue weighted by atomic mass is 9.80. The Kier molecular flexibility index (Phi) is 3.30. The van der Waals surface area contributed by atoms with Gasteiger partial charge in [0.05, 0.1) is 6.10 Å². The van der Waals surface area contributed by atoms with Crippen molar-refractivity contribution in [2.24, 2.45) is 0 Å². The molecule has 1 aromatic rings. The van der Waals surface area contributed by atoms with Crippen molar-refractivity contribution < 1.29 is 19.2 Å². The quantitative estimate of drug-likeness (QED) is 0.749. The molecule has 0 unspecified atom stereocenters. The number of aryl methyl sites for hydroxylation is 1. The first-order valence-corrected chi connectivity index (χ1v) is 8.30. The first-order chi connectivity index (χ1) is 10.7. The van der Waals surface area contributed by atoms with Gasteiger partial charge in [0.1, 0.15) is 5.60 Å². The van der Waals surface area contributed by atoms with Gasteiger partial charge in [0, 0.05) is 18.4 Å². The van der Waals surface area contributed by atoms with Crippen LogP contribution in [0.3, 0.4) is 0 Å². The molecule has 1 spiro atoms. The van der Waals surface area contributed by atoms with Crippen molar-refractivity contribution in [1.82, 2.24) is 0 Å². The minimum absolute atomic E-state index is 0.200. The standard InChI is InChI=1S/C18H22NO3/c20-14-7-9-18(10-8-14)11-12-19(17(21)22-18)16-6-5-13-3-1-2-4-15(13)16/h1-4,14,20H,5-12H2/q+1. The van der Waals surface area contributed by atoms with Crippen LogP contribution in [0.1, 0.15) is 49.7 Å². The second kappa shape index (κ2) is 5.20. The summed E-state index contributed by atoms with van der Waals surface area (Å²) in [6, 6.07) is 8.33. The van der Waals surface area contributed by atoms with E-state index in [9.17, 15) is 9.90 Å². The lowest BCUT2D eigenvalue weighted by Gasteiger charge is -2.38. The topological polar surface area (TPSA) is 49.5 Å². The Hall–Kier alpha value is -1.68. The third-order valence-electron chi connectivity index (χ3n) is 5.47. The number of hydrogen-bond donors (Lipinski definition) is 1. The Bertz CT molecular complexity index is 641. The van der Waals surface area contributed by atoms with Crippen molar-refractivity contribution in [1.29, 1.82) is 0 Å². The second-order valence-electron chi connectivity index (χ2n) is 6.79. The average Bonchev–Trinajstić information content (AvgIpc) is 2.95. The zero-order valence-electron chi connectivity index (χ0n) is 12.8. The van der Waals surface area contributed by atoms with Crippen LogP contribution in [0.5, 0.6) is 0 Å². The molecule has 1 N–H and O–H groups in total. The van der Waals surface area contributed by atoms with E-state index in [0.29, 0.717) is 0 Å². The number of hydrogen-bond acceptors (Lipinski definition) is 3.